The van der Waals surface area contributed by atoms with Gasteiger partial charge in [-0.3, -0.25) is 4.79 Å². The molecule has 2 heterocycles. The lowest BCUT2D eigenvalue weighted by Gasteiger charge is -2.34. The normalized spacial score (nSPS) is 18.2. The van der Waals surface area contributed by atoms with E-state index < -0.39 is 0 Å². The molecule has 1 aromatic carbocycles. The molecule has 0 spiro atoms. The minimum Gasteiger partial charge on any atom is -0.359 e. The molecule has 1 aliphatic heterocycles. The van der Waals surface area contributed by atoms with Gasteiger partial charge in [0.05, 0.1) is 11.9 Å². The van der Waals surface area contributed by atoms with Crippen LogP contribution in [0.3, 0.4) is 0 Å². The summed E-state index contributed by atoms with van der Waals surface area (Å²) in [5.41, 5.74) is 2.17. The van der Waals surface area contributed by atoms with E-state index in [2.05, 4.69) is 10.3 Å². The maximum atomic E-state index is 12.4. The third-order valence-corrected chi connectivity index (χ3v) is 3.45. The van der Waals surface area contributed by atoms with Crippen LogP contribution >= 0.6 is 11.6 Å². The Bertz CT molecular complexity index is 652. The van der Waals surface area contributed by atoms with E-state index in [0.29, 0.717) is 10.6 Å². The van der Waals surface area contributed by atoms with Crippen molar-refractivity contribution < 1.29 is 4.79 Å². The highest BCUT2D eigenvalue weighted by molar-refractivity contribution is 6.31. The Kier molecular flexibility index (Phi) is 2.71. The zero-order chi connectivity index (χ0) is 13.6. The molecule has 1 amide bonds. The number of benzene rings is 1. The van der Waals surface area contributed by atoms with Crippen LogP contribution in [0, 0.1) is 0 Å². The fraction of sp³-hybridized carbons (Fsp3) is 0.231. The number of carbonyl (C=O) groups is 1. The van der Waals surface area contributed by atoms with Crippen LogP contribution in [0.2, 0.25) is 5.02 Å². The monoisotopic (exact) mass is 276 g/mol. The van der Waals surface area contributed by atoms with Gasteiger partial charge in [0.25, 0.3) is 5.91 Å². The van der Waals surface area contributed by atoms with Gasteiger partial charge in [0.2, 0.25) is 0 Å². The Morgan fingerprint density at radius 2 is 2.16 bits per heavy atom. The Labute approximate surface area is 115 Å². The highest BCUT2D eigenvalue weighted by Gasteiger charge is 2.31. The van der Waals surface area contributed by atoms with Crippen LogP contribution in [0.4, 0.5) is 5.69 Å². The topological polar surface area (TPSA) is 50.2 Å². The molecular formula is C13H13ClN4O. The Hall–Kier alpha value is -2.01. The number of aryl methyl sites for hydroxylation is 1. The van der Waals surface area contributed by atoms with Crippen LogP contribution < -0.4 is 5.32 Å². The molecule has 1 unspecified atom stereocenters. The molecule has 0 saturated heterocycles. The molecular weight excluding hydrogens is 264 g/mol. The van der Waals surface area contributed by atoms with Crippen molar-refractivity contribution in [1.82, 2.24) is 14.5 Å². The average molecular weight is 277 g/mol. The second kappa shape index (κ2) is 4.28. The third-order valence-electron chi connectivity index (χ3n) is 3.22. The van der Waals surface area contributed by atoms with Crippen LogP contribution in [0.1, 0.15) is 22.2 Å². The molecule has 1 N–H and O–H groups in total. The summed E-state index contributed by atoms with van der Waals surface area (Å²) in [5.74, 6) is -0.0631. The summed E-state index contributed by atoms with van der Waals surface area (Å²) >= 11 is 5.93. The summed E-state index contributed by atoms with van der Waals surface area (Å²) in [6, 6.07) is 5.26. The fourth-order valence-corrected chi connectivity index (χ4v) is 2.39. The van der Waals surface area contributed by atoms with Gasteiger partial charge < -0.3 is 14.8 Å². The Morgan fingerprint density at radius 1 is 1.37 bits per heavy atom. The number of nitrogens with one attached hydrogen (secondary N) is 1. The number of fused-ring (bicyclic) bond motifs is 1. The van der Waals surface area contributed by atoms with Gasteiger partial charge in [-0.05, 0) is 18.2 Å². The van der Waals surface area contributed by atoms with Gasteiger partial charge in [0.1, 0.15) is 11.9 Å². The van der Waals surface area contributed by atoms with Crippen molar-refractivity contribution >= 4 is 23.2 Å². The number of aromatic nitrogens is 2. The van der Waals surface area contributed by atoms with E-state index in [9.17, 15) is 4.79 Å². The molecule has 0 aliphatic carbocycles. The molecule has 3 rings (SSSR count). The van der Waals surface area contributed by atoms with Gasteiger partial charge in [0.15, 0.2) is 0 Å². The molecule has 0 bridgehead atoms. The largest absolute Gasteiger partial charge is 0.359 e. The zero-order valence-electron chi connectivity index (χ0n) is 10.6. The maximum absolute atomic E-state index is 12.4. The number of hydrogen-bond acceptors (Lipinski definition) is 3. The number of rotatable bonds is 1. The first kappa shape index (κ1) is 12.0. The first-order valence-corrected chi connectivity index (χ1v) is 6.25. The lowest BCUT2D eigenvalue weighted by Crippen LogP contribution is -2.40. The van der Waals surface area contributed by atoms with Gasteiger partial charge in [-0.15, -0.1) is 0 Å². The summed E-state index contributed by atoms with van der Waals surface area (Å²) in [5, 5.41) is 3.86. The minimum atomic E-state index is -0.262. The molecule has 0 fully saturated rings. The van der Waals surface area contributed by atoms with Crippen molar-refractivity contribution in [2.75, 3.05) is 12.4 Å². The maximum Gasteiger partial charge on any atom is 0.257 e. The van der Waals surface area contributed by atoms with Crippen molar-refractivity contribution in [1.29, 1.82) is 0 Å². The second-order valence-corrected chi connectivity index (χ2v) is 5.05. The molecule has 2 aromatic rings. The number of imidazole rings is 1. The van der Waals surface area contributed by atoms with Crippen molar-refractivity contribution in [3.05, 3.63) is 47.0 Å². The van der Waals surface area contributed by atoms with Crippen LogP contribution in [-0.2, 0) is 7.05 Å². The number of amides is 1. The first-order chi connectivity index (χ1) is 9.06. The van der Waals surface area contributed by atoms with E-state index in [0.717, 1.165) is 11.4 Å². The lowest BCUT2D eigenvalue weighted by molar-refractivity contribution is 0.0733. The summed E-state index contributed by atoms with van der Waals surface area (Å²) in [6.07, 6.45) is 3.34. The van der Waals surface area contributed by atoms with Gasteiger partial charge in [-0.25, -0.2) is 4.98 Å². The molecule has 1 atom stereocenters. The third kappa shape index (κ3) is 1.96. The number of carbonyl (C=O) groups excluding carboxylic acids is 1. The van der Waals surface area contributed by atoms with Crippen LogP contribution in [0.5, 0.6) is 0 Å². The number of anilines is 1. The standard InChI is InChI=1S/C13H13ClN4O/c1-17-6-11(15-7-17)12-16-10-4-3-8(14)5-9(10)13(19)18(12)2/h3-7,12,16H,1-2H3. The predicted molar refractivity (Wildman–Crippen MR) is 73.1 cm³/mol. The van der Waals surface area contributed by atoms with Crippen molar-refractivity contribution in [2.45, 2.75) is 6.17 Å². The van der Waals surface area contributed by atoms with Crippen LogP contribution in [0.15, 0.2) is 30.7 Å². The van der Waals surface area contributed by atoms with E-state index in [1.165, 1.54) is 0 Å². The lowest BCUT2D eigenvalue weighted by atomic mass is 10.1. The van der Waals surface area contributed by atoms with E-state index >= 15 is 0 Å². The van der Waals surface area contributed by atoms with Crippen molar-refractivity contribution in [3.8, 4) is 0 Å². The van der Waals surface area contributed by atoms with Crippen LogP contribution in [-0.4, -0.2) is 27.4 Å². The van der Waals surface area contributed by atoms with E-state index in [1.807, 2.05) is 23.9 Å². The first-order valence-electron chi connectivity index (χ1n) is 5.87. The molecule has 19 heavy (non-hydrogen) atoms. The summed E-state index contributed by atoms with van der Waals surface area (Å²) < 4.78 is 1.85. The number of nitrogens with zero attached hydrogens (tertiary/aromatic N) is 3. The van der Waals surface area contributed by atoms with Gasteiger partial charge in [-0.2, -0.15) is 0 Å². The minimum absolute atomic E-state index is 0.0631. The average Bonchev–Trinajstić information content (AvgIpc) is 2.81. The van der Waals surface area contributed by atoms with E-state index in [-0.39, 0.29) is 12.1 Å². The molecule has 0 saturated carbocycles. The molecule has 5 nitrogen and oxygen atoms in total. The Balaban J connectivity index is 2.03. The van der Waals surface area contributed by atoms with Gasteiger partial charge in [0, 0.05) is 31.0 Å². The number of hydrogen-bond donors (Lipinski definition) is 1. The molecule has 1 aromatic heterocycles. The smallest absolute Gasteiger partial charge is 0.257 e. The van der Waals surface area contributed by atoms with Crippen molar-refractivity contribution in [2.24, 2.45) is 7.05 Å². The second-order valence-electron chi connectivity index (χ2n) is 4.62. The highest BCUT2D eigenvalue weighted by Crippen LogP contribution is 2.32. The fourth-order valence-electron chi connectivity index (χ4n) is 2.22. The van der Waals surface area contributed by atoms with E-state index in [4.69, 9.17) is 11.6 Å². The number of halogens is 1. The summed E-state index contributed by atoms with van der Waals surface area (Å²) in [7, 11) is 3.65. The van der Waals surface area contributed by atoms with Crippen molar-refractivity contribution in [3.63, 3.8) is 0 Å². The summed E-state index contributed by atoms with van der Waals surface area (Å²) in [4.78, 5) is 18.3. The van der Waals surface area contributed by atoms with Gasteiger partial charge in [-0.1, -0.05) is 11.6 Å². The molecule has 0 radical (unpaired) electrons. The highest BCUT2D eigenvalue weighted by atomic mass is 35.5. The molecule has 1 aliphatic rings. The summed E-state index contributed by atoms with van der Waals surface area (Å²) in [6.45, 7) is 0. The SMILES string of the molecule is CN1C(=O)c2cc(Cl)ccc2NC1c1cn(C)cn1. The van der Waals surface area contributed by atoms with E-state index in [1.54, 1.807) is 30.4 Å². The predicted octanol–water partition coefficient (Wildman–Crippen LogP) is 2.27. The molecule has 6 heteroatoms. The molecule has 98 valence electrons. The quantitative estimate of drug-likeness (QED) is 0.869. The Morgan fingerprint density at radius 3 is 2.84 bits per heavy atom. The van der Waals surface area contributed by atoms with Gasteiger partial charge >= 0.3 is 0 Å². The van der Waals surface area contributed by atoms with Crippen LogP contribution in [0.25, 0.3) is 0 Å². The zero-order valence-corrected chi connectivity index (χ0v) is 11.3.